The lowest BCUT2D eigenvalue weighted by molar-refractivity contribution is -0.111. The lowest BCUT2D eigenvalue weighted by Gasteiger charge is -2.35. The number of methoxy groups -OCH3 is 1. The van der Waals surface area contributed by atoms with Crippen molar-refractivity contribution in [3.8, 4) is 11.3 Å². The van der Waals surface area contributed by atoms with Crippen LogP contribution < -0.4 is 10.2 Å². The van der Waals surface area contributed by atoms with Crippen molar-refractivity contribution < 1.29 is 18.7 Å². The zero-order chi connectivity index (χ0) is 24.1. The number of anilines is 2. The van der Waals surface area contributed by atoms with Gasteiger partial charge in [-0.05, 0) is 55.6 Å². The molecule has 1 amide bonds. The van der Waals surface area contributed by atoms with Gasteiger partial charge in [0.15, 0.2) is 0 Å². The number of hydrogen-bond acceptors (Lipinski definition) is 6. The van der Waals surface area contributed by atoms with Crippen LogP contribution in [0.2, 0.25) is 0 Å². The van der Waals surface area contributed by atoms with E-state index in [1.165, 1.54) is 13.2 Å². The van der Waals surface area contributed by atoms with E-state index >= 15 is 0 Å². The second-order valence-electron chi connectivity index (χ2n) is 8.05. The fraction of sp³-hybridized carbons (Fsp3) is 0.231. The Morgan fingerprint density at radius 1 is 1.03 bits per heavy atom. The van der Waals surface area contributed by atoms with E-state index in [0.29, 0.717) is 17.0 Å². The van der Waals surface area contributed by atoms with Gasteiger partial charge in [-0.25, -0.2) is 4.79 Å². The van der Waals surface area contributed by atoms with Gasteiger partial charge in [0.25, 0.3) is 0 Å². The molecule has 1 fully saturated rings. The normalized spacial score (nSPS) is 14.4. The molecule has 1 aliphatic rings. The maximum atomic E-state index is 12.8. The molecule has 176 valence electrons. The van der Waals surface area contributed by atoms with E-state index in [-0.39, 0.29) is 5.91 Å². The van der Waals surface area contributed by atoms with Crippen LogP contribution in [0.15, 0.2) is 69.6 Å². The molecule has 7 nitrogen and oxygen atoms in total. The second kappa shape index (κ2) is 10.7. The Morgan fingerprint density at radius 3 is 2.47 bits per heavy atom. The first-order chi connectivity index (χ1) is 16.4. The maximum absolute atomic E-state index is 12.8. The standard InChI is InChI=1S/C26H26BrN3O4/c1-29-13-15-30(16-14-29)23-10-5-19(26(32)33-2)17-22(23)28-25(31)12-9-21-8-11-24(34-21)18-3-6-20(27)7-4-18/h3-12,17H,13-16H2,1-2H3,(H,28,31)/b12-9+. The molecule has 0 spiro atoms. The van der Waals surface area contributed by atoms with Gasteiger partial charge in [-0.15, -0.1) is 0 Å². The number of esters is 1. The molecule has 2 aromatic carbocycles. The fourth-order valence-corrected chi connectivity index (χ4v) is 4.01. The van der Waals surface area contributed by atoms with Crippen LogP contribution in [-0.4, -0.2) is 57.1 Å². The van der Waals surface area contributed by atoms with Crippen molar-refractivity contribution in [2.45, 2.75) is 0 Å². The molecule has 0 aliphatic carbocycles. The Morgan fingerprint density at radius 2 is 1.76 bits per heavy atom. The molecule has 4 rings (SSSR count). The monoisotopic (exact) mass is 523 g/mol. The molecular weight excluding hydrogens is 498 g/mol. The van der Waals surface area contributed by atoms with Crippen LogP contribution in [0.5, 0.6) is 0 Å². The van der Waals surface area contributed by atoms with E-state index in [1.807, 2.05) is 42.5 Å². The first-order valence-corrected chi connectivity index (χ1v) is 11.7. The smallest absolute Gasteiger partial charge is 0.337 e. The topological polar surface area (TPSA) is 75.0 Å². The number of nitrogens with one attached hydrogen (secondary N) is 1. The van der Waals surface area contributed by atoms with E-state index in [9.17, 15) is 9.59 Å². The molecule has 1 aliphatic heterocycles. The highest BCUT2D eigenvalue weighted by Gasteiger charge is 2.19. The highest BCUT2D eigenvalue weighted by atomic mass is 79.9. The van der Waals surface area contributed by atoms with Crippen LogP contribution in [-0.2, 0) is 9.53 Å². The molecule has 1 N–H and O–H groups in total. The number of hydrogen-bond donors (Lipinski definition) is 1. The van der Waals surface area contributed by atoms with Gasteiger partial charge >= 0.3 is 5.97 Å². The average Bonchev–Trinajstić information content (AvgIpc) is 3.32. The summed E-state index contributed by atoms with van der Waals surface area (Å²) in [6.07, 6.45) is 3.04. The molecule has 3 aromatic rings. The van der Waals surface area contributed by atoms with Gasteiger partial charge in [0.2, 0.25) is 5.91 Å². The first kappa shape index (κ1) is 23.8. The van der Waals surface area contributed by atoms with Crippen molar-refractivity contribution in [3.63, 3.8) is 0 Å². The first-order valence-electron chi connectivity index (χ1n) is 10.9. The predicted octanol–water partition coefficient (Wildman–Crippen LogP) is 4.90. The van der Waals surface area contributed by atoms with Gasteiger partial charge in [-0.2, -0.15) is 0 Å². The number of carbonyl (C=O) groups is 2. The molecule has 1 saturated heterocycles. The van der Waals surface area contributed by atoms with E-state index in [1.54, 1.807) is 18.2 Å². The third-order valence-corrected chi connectivity index (χ3v) is 6.20. The zero-order valence-corrected chi connectivity index (χ0v) is 20.7. The van der Waals surface area contributed by atoms with Gasteiger partial charge in [0.05, 0.1) is 24.0 Å². The van der Waals surface area contributed by atoms with Crippen LogP contribution in [0, 0.1) is 0 Å². The number of nitrogens with zero attached hydrogens (tertiary/aromatic N) is 2. The quantitative estimate of drug-likeness (QED) is 0.365. The van der Waals surface area contributed by atoms with Gasteiger partial charge in [-0.3, -0.25) is 4.79 Å². The Hall–Kier alpha value is -3.36. The minimum atomic E-state index is -0.452. The summed E-state index contributed by atoms with van der Waals surface area (Å²) in [6, 6.07) is 16.7. The average molecular weight is 524 g/mol. The number of carbonyl (C=O) groups excluding carboxylic acids is 2. The molecule has 0 radical (unpaired) electrons. The van der Waals surface area contributed by atoms with Crippen molar-refractivity contribution in [1.29, 1.82) is 0 Å². The lowest BCUT2D eigenvalue weighted by atomic mass is 10.1. The van der Waals surface area contributed by atoms with Crippen molar-refractivity contribution in [3.05, 3.63) is 76.5 Å². The van der Waals surface area contributed by atoms with E-state index in [0.717, 1.165) is 47.7 Å². The van der Waals surface area contributed by atoms with Crippen molar-refractivity contribution in [2.75, 3.05) is 50.6 Å². The Labute approximate surface area is 207 Å². The third-order valence-electron chi connectivity index (χ3n) is 5.67. The van der Waals surface area contributed by atoms with Crippen molar-refractivity contribution in [2.24, 2.45) is 0 Å². The van der Waals surface area contributed by atoms with Gasteiger partial charge in [0.1, 0.15) is 11.5 Å². The molecule has 0 unspecified atom stereocenters. The fourth-order valence-electron chi connectivity index (χ4n) is 3.75. The van der Waals surface area contributed by atoms with E-state index in [2.05, 4.69) is 38.1 Å². The van der Waals surface area contributed by atoms with E-state index < -0.39 is 5.97 Å². The van der Waals surface area contributed by atoms with Crippen LogP contribution >= 0.6 is 15.9 Å². The summed E-state index contributed by atoms with van der Waals surface area (Å²) >= 11 is 3.42. The summed E-state index contributed by atoms with van der Waals surface area (Å²) < 4.78 is 11.7. The number of furan rings is 1. The van der Waals surface area contributed by atoms with Gasteiger partial charge in [-0.1, -0.05) is 28.1 Å². The molecule has 0 atom stereocenters. The largest absolute Gasteiger partial charge is 0.465 e. The number of rotatable bonds is 6. The summed E-state index contributed by atoms with van der Waals surface area (Å²) in [5.41, 5.74) is 2.77. The molecule has 1 aromatic heterocycles. The lowest BCUT2D eigenvalue weighted by Crippen LogP contribution is -2.44. The molecule has 8 heteroatoms. The summed E-state index contributed by atoms with van der Waals surface area (Å²) in [5.74, 6) is 0.511. The summed E-state index contributed by atoms with van der Waals surface area (Å²) in [5, 5.41) is 2.92. The summed E-state index contributed by atoms with van der Waals surface area (Å²) in [6.45, 7) is 3.51. The highest BCUT2D eigenvalue weighted by molar-refractivity contribution is 9.10. The minimum absolute atomic E-state index is 0.320. The third kappa shape index (κ3) is 5.76. The SMILES string of the molecule is COC(=O)c1ccc(N2CCN(C)CC2)c(NC(=O)/C=C/c2ccc(-c3ccc(Br)cc3)o2)c1. The van der Waals surface area contributed by atoms with E-state index in [4.69, 9.17) is 9.15 Å². The van der Waals surface area contributed by atoms with Crippen LogP contribution in [0.25, 0.3) is 17.4 Å². The van der Waals surface area contributed by atoms with Crippen LogP contribution in [0.3, 0.4) is 0 Å². The molecule has 0 saturated carbocycles. The number of halogens is 1. The van der Waals surface area contributed by atoms with Crippen LogP contribution in [0.1, 0.15) is 16.1 Å². The zero-order valence-electron chi connectivity index (χ0n) is 19.1. The number of ether oxygens (including phenoxy) is 1. The summed E-state index contributed by atoms with van der Waals surface area (Å²) in [7, 11) is 3.42. The number of piperazine rings is 1. The molecule has 0 bridgehead atoms. The Bertz CT molecular complexity index is 1200. The van der Waals surface area contributed by atoms with Crippen LogP contribution in [0.4, 0.5) is 11.4 Å². The van der Waals surface area contributed by atoms with Gasteiger partial charge in [0, 0.05) is 42.3 Å². The predicted molar refractivity (Wildman–Crippen MR) is 137 cm³/mol. The highest BCUT2D eigenvalue weighted by Crippen LogP contribution is 2.29. The second-order valence-corrected chi connectivity index (χ2v) is 8.96. The minimum Gasteiger partial charge on any atom is -0.465 e. The number of amides is 1. The van der Waals surface area contributed by atoms with Crippen molar-refractivity contribution in [1.82, 2.24) is 4.90 Å². The number of likely N-dealkylation sites (N-methyl/N-ethyl adjacent to an activating group) is 1. The number of benzene rings is 2. The maximum Gasteiger partial charge on any atom is 0.337 e. The summed E-state index contributed by atoms with van der Waals surface area (Å²) in [4.78, 5) is 29.3. The van der Waals surface area contributed by atoms with Gasteiger partial charge < -0.3 is 24.3 Å². The van der Waals surface area contributed by atoms with Crippen molar-refractivity contribution >= 4 is 45.3 Å². The molecule has 34 heavy (non-hydrogen) atoms. The Balaban J connectivity index is 1.50. The molecular formula is C26H26BrN3O4. The Kier molecular flexibility index (Phi) is 7.49. The molecule has 2 heterocycles.